The van der Waals surface area contributed by atoms with Gasteiger partial charge in [0, 0.05) is 13.1 Å². The topological polar surface area (TPSA) is 55.6 Å². The fraction of sp³-hybridized carbons (Fsp3) is 0.350. The molecule has 0 saturated carbocycles. The van der Waals surface area contributed by atoms with Gasteiger partial charge in [-0.05, 0) is 24.1 Å². The van der Waals surface area contributed by atoms with Crippen molar-refractivity contribution in [3.8, 4) is 0 Å². The lowest BCUT2D eigenvalue weighted by atomic mass is 10.2. The lowest BCUT2D eigenvalue weighted by Gasteiger charge is -2.23. The second-order valence-electron chi connectivity index (χ2n) is 5.73. The Balaban J connectivity index is 1.78. The van der Waals surface area contributed by atoms with Crippen LogP contribution in [0.3, 0.4) is 0 Å². The summed E-state index contributed by atoms with van der Waals surface area (Å²) < 4.78 is 5.62. The zero-order valence-electron chi connectivity index (χ0n) is 14.1. The maximum atomic E-state index is 12.5. The number of carbonyl (C=O) groups is 1. The first kappa shape index (κ1) is 18.2. The van der Waals surface area contributed by atoms with Gasteiger partial charge in [0.25, 0.3) is 0 Å². The Bertz CT molecular complexity index is 587. The summed E-state index contributed by atoms with van der Waals surface area (Å²) in [6, 6.07) is 20.0. The van der Waals surface area contributed by atoms with Crippen molar-refractivity contribution in [2.24, 2.45) is 5.73 Å². The second-order valence-corrected chi connectivity index (χ2v) is 5.73. The number of hydrogen-bond acceptors (Lipinski definition) is 3. The molecule has 2 N–H and O–H groups in total. The van der Waals surface area contributed by atoms with Gasteiger partial charge in [-0.2, -0.15) is 0 Å². The molecule has 0 unspecified atom stereocenters. The largest absolute Gasteiger partial charge is 0.376 e. The van der Waals surface area contributed by atoms with Gasteiger partial charge in [0.05, 0.1) is 19.6 Å². The normalized spacial score (nSPS) is 10.5. The Labute approximate surface area is 144 Å². The third-order valence-corrected chi connectivity index (χ3v) is 3.77. The van der Waals surface area contributed by atoms with E-state index in [1.165, 1.54) is 0 Å². The van der Waals surface area contributed by atoms with E-state index in [0.717, 1.165) is 17.5 Å². The quantitative estimate of drug-likeness (QED) is 0.683. The van der Waals surface area contributed by atoms with Crippen LogP contribution in [0.25, 0.3) is 0 Å². The highest BCUT2D eigenvalue weighted by Gasteiger charge is 2.13. The van der Waals surface area contributed by atoms with Crippen molar-refractivity contribution in [3.05, 3.63) is 71.8 Å². The standard InChI is InChI=1S/C20H26N2O2/c21-13-7-14-22(16-18-8-3-1-4-9-18)20(23)12-15-24-17-19-10-5-2-6-11-19/h1-6,8-11H,7,12-17,21H2. The van der Waals surface area contributed by atoms with Gasteiger partial charge in [0.1, 0.15) is 0 Å². The van der Waals surface area contributed by atoms with E-state index in [4.69, 9.17) is 10.5 Å². The van der Waals surface area contributed by atoms with Crippen molar-refractivity contribution in [2.75, 3.05) is 19.7 Å². The van der Waals surface area contributed by atoms with Crippen LogP contribution in [-0.2, 0) is 22.7 Å². The number of ether oxygens (including phenoxy) is 1. The molecule has 0 spiro atoms. The average Bonchev–Trinajstić information content (AvgIpc) is 2.64. The van der Waals surface area contributed by atoms with Crippen molar-refractivity contribution >= 4 is 5.91 Å². The van der Waals surface area contributed by atoms with E-state index in [1.54, 1.807) is 0 Å². The first-order chi connectivity index (χ1) is 11.8. The molecule has 0 fully saturated rings. The molecule has 128 valence electrons. The van der Waals surface area contributed by atoms with Gasteiger partial charge >= 0.3 is 0 Å². The predicted octanol–water partition coefficient (Wildman–Crippen LogP) is 2.97. The molecule has 2 aromatic carbocycles. The lowest BCUT2D eigenvalue weighted by molar-refractivity contribution is -0.133. The van der Waals surface area contributed by atoms with Gasteiger partial charge in [-0.1, -0.05) is 60.7 Å². The fourth-order valence-electron chi connectivity index (χ4n) is 2.46. The van der Waals surface area contributed by atoms with Crippen LogP contribution in [0, 0.1) is 0 Å². The lowest BCUT2D eigenvalue weighted by Crippen LogP contribution is -2.33. The molecule has 1 amide bonds. The van der Waals surface area contributed by atoms with Crippen LogP contribution in [0.15, 0.2) is 60.7 Å². The summed E-state index contributed by atoms with van der Waals surface area (Å²) in [7, 11) is 0. The molecule has 0 aliphatic heterocycles. The summed E-state index contributed by atoms with van der Waals surface area (Å²) >= 11 is 0. The Kier molecular flexibility index (Phi) is 8.01. The third kappa shape index (κ3) is 6.52. The molecule has 0 aromatic heterocycles. The monoisotopic (exact) mass is 326 g/mol. The minimum atomic E-state index is 0.111. The molecule has 0 aliphatic carbocycles. The van der Waals surface area contributed by atoms with Crippen LogP contribution in [0.2, 0.25) is 0 Å². The Morgan fingerprint density at radius 1 is 0.958 bits per heavy atom. The Hall–Kier alpha value is -2.17. The maximum Gasteiger partial charge on any atom is 0.225 e. The minimum absolute atomic E-state index is 0.111. The molecule has 2 aromatic rings. The molecule has 0 heterocycles. The summed E-state index contributed by atoms with van der Waals surface area (Å²) in [6.45, 7) is 2.86. The molecular weight excluding hydrogens is 300 g/mol. The first-order valence-corrected chi connectivity index (χ1v) is 8.43. The fourth-order valence-corrected chi connectivity index (χ4v) is 2.46. The molecule has 4 nitrogen and oxygen atoms in total. The zero-order valence-corrected chi connectivity index (χ0v) is 14.1. The maximum absolute atomic E-state index is 12.5. The van der Waals surface area contributed by atoms with Gasteiger partial charge in [0.2, 0.25) is 5.91 Å². The first-order valence-electron chi connectivity index (χ1n) is 8.43. The van der Waals surface area contributed by atoms with E-state index in [1.807, 2.05) is 65.6 Å². The number of hydrogen-bond donors (Lipinski definition) is 1. The molecule has 0 aliphatic rings. The molecule has 0 atom stereocenters. The number of benzene rings is 2. The van der Waals surface area contributed by atoms with E-state index < -0.39 is 0 Å². The van der Waals surface area contributed by atoms with Crippen LogP contribution in [-0.4, -0.2) is 30.5 Å². The van der Waals surface area contributed by atoms with E-state index in [0.29, 0.717) is 39.3 Å². The van der Waals surface area contributed by atoms with E-state index >= 15 is 0 Å². The van der Waals surface area contributed by atoms with Crippen LogP contribution < -0.4 is 5.73 Å². The van der Waals surface area contributed by atoms with E-state index in [2.05, 4.69) is 0 Å². The smallest absolute Gasteiger partial charge is 0.225 e. The van der Waals surface area contributed by atoms with Crippen LogP contribution in [0.4, 0.5) is 0 Å². The average molecular weight is 326 g/mol. The van der Waals surface area contributed by atoms with E-state index in [-0.39, 0.29) is 5.91 Å². The molecule has 0 saturated heterocycles. The summed E-state index contributed by atoms with van der Waals surface area (Å²) in [5, 5.41) is 0. The van der Waals surface area contributed by atoms with Gasteiger partial charge < -0.3 is 15.4 Å². The second kappa shape index (κ2) is 10.6. The third-order valence-electron chi connectivity index (χ3n) is 3.77. The summed E-state index contributed by atoms with van der Waals surface area (Å²) in [6.07, 6.45) is 1.20. The molecule has 0 bridgehead atoms. The van der Waals surface area contributed by atoms with Crippen molar-refractivity contribution in [1.29, 1.82) is 0 Å². The Morgan fingerprint density at radius 3 is 2.21 bits per heavy atom. The summed E-state index contributed by atoms with van der Waals surface area (Å²) in [5.74, 6) is 0.111. The molecule has 24 heavy (non-hydrogen) atoms. The van der Waals surface area contributed by atoms with Gasteiger partial charge in [-0.25, -0.2) is 0 Å². The molecule has 2 rings (SSSR count). The number of nitrogens with two attached hydrogens (primary N) is 1. The zero-order chi connectivity index (χ0) is 17.0. The highest BCUT2D eigenvalue weighted by Crippen LogP contribution is 2.08. The van der Waals surface area contributed by atoms with Crippen LogP contribution in [0.5, 0.6) is 0 Å². The molecule has 0 radical (unpaired) electrons. The summed E-state index contributed by atoms with van der Waals surface area (Å²) in [4.78, 5) is 14.3. The van der Waals surface area contributed by atoms with Crippen LogP contribution in [0.1, 0.15) is 24.0 Å². The number of amides is 1. The van der Waals surface area contributed by atoms with E-state index in [9.17, 15) is 4.79 Å². The SMILES string of the molecule is NCCCN(Cc1ccccc1)C(=O)CCOCc1ccccc1. The predicted molar refractivity (Wildman–Crippen MR) is 96.2 cm³/mol. The highest BCUT2D eigenvalue weighted by molar-refractivity contribution is 5.76. The summed E-state index contributed by atoms with van der Waals surface area (Å²) in [5.41, 5.74) is 7.85. The van der Waals surface area contributed by atoms with Crippen molar-refractivity contribution in [2.45, 2.75) is 26.0 Å². The van der Waals surface area contributed by atoms with Crippen molar-refractivity contribution < 1.29 is 9.53 Å². The van der Waals surface area contributed by atoms with Crippen molar-refractivity contribution in [3.63, 3.8) is 0 Å². The highest BCUT2D eigenvalue weighted by atomic mass is 16.5. The van der Waals surface area contributed by atoms with Crippen LogP contribution >= 0.6 is 0 Å². The number of nitrogens with zero attached hydrogens (tertiary/aromatic N) is 1. The van der Waals surface area contributed by atoms with Crippen molar-refractivity contribution in [1.82, 2.24) is 4.90 Å². The number of rotatable bonds is 10. The Morgan fingerprint density at radius 2 is 1.58 bits per heavy atom. The number of carbonyl (C=O) groups excluding carboxylic acids is 1. The van der Waals surface area contributed by atoms with Gasteiger partial charge in [-0.3, -0.25) is 4.79 Å². The van der Waals surface area contributed by atoms with Gasteiger partial charge in [-0.15, -0.1) is 0 Å². The van der Waals surface area contributed by atoms with Gasteiger partial charge in [0.15, 0.2) is 0 Å². The molecular formula is C20H26N2O2. The molecule has 4 heteroatoms. The minimum Gasteiger partial charge on any atom is -0.376 e.